The molecule has 0 fully saturated rings. The quantitative estimate of drug-likeness (QED) is 0.854. The van der Waals surface area contributed by atoms with Gasteiger partial charge in [0.1, 0.15) is 12.1 Å². The van der Waals surface area contributed by atoms with Crippen molar-refractivity contribution in [3.63, 3.8) is 0 Å². The molecular weight excluding hydrogens is 306 g/mol. The first-order valence-corrected chi connectivity index (χ1v) is 7.39. The fourth-order valence-corrected chi connectivity index (χ4v) is 2.09. The number of para-hydroxylation sites is 1. The van der Waals surface area contributed by atoms with Crippen molar-refractivity contribution >= 4 is 17.7 Å². The van der Waals surface area contributed by atoms with Crippen LogP contribution in [0.3, 0.4) is 0 Å². The summed E-state index contributed by atoms with van der Waals surface area (Å²) in [7, 11) is 0. The van der Waals surface area contributed by atoms with Gasteiger partial charge < -0.3 is 15.4 Å². The lowest BCUT2D eigenvalue weighted by Gasteiger charge is -2.18. The monoisotopic (exact) mass is 323 g/mol. The Bertz CT molecular complexity index is 711. The standard InChI is InChI=1S/C18H17N3O3/c19-11-12-24-18(23)21-16(13-14-7-3-1-4-8-14)17(22)20-15-9-5-2-6-10-15/h1-10,16H,12-13H2,(H,20,22)(H,21,23). The smallest absolute Gasteiger partial charge is 0.408 e. The van der Waals surface area contributed by atoms with Crippen LogP contribution < -0.4 is 10.6 Å². The topological polar surface area (TPSA) is 91.2 Å². The van der Waals surface area contributed by atoms with E-state index in [2.05, 4.69) is 15.4 Å². The Morgan fingerprint density at radius 2 is 1.67 bits per heavy atom. The maximum Gasteiger partial charge on any atom is 0.408 e. The lowest BCUT2D eigenvalue weighted by atomic mass is 10.1. The lowest BCUT2D eigenvalue weighted by molar-refractivity contribution is -0.118. The van der Waals surface area contributed by atoms with Crippen molar-refractivity contribution in [3.05, 3.63) is 66.2 Å². The summed E-state index contributed by atoms with van der Waals surface area (Å²) in [6.07, 6.45) is -0.498. The Hall–Kier alpha value is -3.33. The number of alkyl carbamates (subject to hydrolysis) is 1. The highest BCUT2D eigenvalue weighted by atomic mass is 16.5. The van der Waals surface area contributed by atoms with Crippen molar-refractivity contribution in [2.24, 2.45) is 0 Å². The molecule has 0 heterocycles. The molecule has 2 aromatic rings. The van der Waals surface area contributed by atoms with E-state index in [1.54, 1.807) is 30.3 Å². The van der Waals surface area contributed by atoms with Gasteiger partial charge >= 0.3 is 6.09 Å². The third-order valence-electron chi connectivity index (χ3n) is 3.20. The zero-order chi connectivity index (χ0) is 17.2. The third kappa shape index (κ3) is 5.46. The Balaban J connectivity index is 2.07. The van der Waals surface area contributed by atoms with E-state index in [0.717, 1.165) is 5.56 Å². The van der Waals surface area contributed by atoms with Gasteiger partial charge in [0.05, 0.1) is 0 Å². The molecule has 2 aromatic carbocycles. The average molecular weight is 323 g/mol. The predicted octanol–water partition coefficient (Wildman–Crippen LogP) is 2.49. The number of hydrogen-bond acceptors (Lipinski definition) is 4. The molecule has 122 valence electrons. The second-order valence-electron chi connectivity index (χ2n) is 4.98. The maximum absolute atomic E-state index is 12.5. The molecule has 0 aliphatic heterocycles. The zero-order valence-electron chi connectivity index (χ0n) is 12.9. The molecule has 0 aliphatic carbocycles. The van der Waals surface area contributed by atoms with Gasteiger partial charge in [0.15, 0.2) is 6.61 Å². The van der Waals surface area contributed by atoms with Crippen molar-refractivity contribution < 1.29 is 14.3 Å². The van der Waals surface area contributed by atoms with Gasteiger partial charge in [-0.25, -0.2) is 4.79 Å². The Morgan fingerprint density at radius 3 is 2.29 bits per heavy atom. The number of nitriles is 1. The van der Waals surface area contributed by atoms with Crippen LogP contribution in [-0.2, 0) is 16.0 Å². The summed E-state index contributed by atoms with van der Waals surface area (Å²) in [5.74, 6) is -0.362. The molecule has 0 saturated heterocycles. The fourth-order valence-electron chi connectivity index (χ4n) is 2.09. The number of hydrogen-bond donors (Lipinski definition) is 2. The summed E-state index contributed by atoms with van der Waals surface area (Å²) in [5, 5.41) is 13.7. The molecule has 2 N–H and O–H groups in total. The van der Waals surface area contributed by atoms with Crippen molar-refractivity contribution in [1.82, 2.24) is 5.32 Å². The number of carbonyl (C=O) groups is 2. The van der Waals surface area contributed by atoms with Crippen LogP contribution in [0, 0.1) is 11.3 Å². The predicted molar refractivity (Wildman–Crippen MR) is 89.1 cm³/mol. The van der Waals surface area contributed by atoms with Crippen LogP contribution in [0.5, 0.6) is 0 Å². The Labute approximate surface area is 140 Å². The zero-order valence-corrected chi connectivity index (χ0v) is 12.9. The molecule has 0 saturated carbocycles. The van der Waals surface area contributed by atoms with Gasteiger partial charge in [0.2, 0.25) is 5.91 Å². The Morgan fingerprint density at radius 1 is 1.04 bits per heavy atom. The largest absolute Gasteiger partial charge is 0.434 e. The number of nitrogens with zero attached hydrogens (tertiary/aromatic N) is 1. The van der Waals surface area contributed by atoms with E-state index in [-0.39, 0.29) is 12.5 Å². The van der Waals surface area contributed by atoms with Crippen LogP contribution in [0.25, 0.3) is 0 Å². The molecule has 0 aliphatic rings. The molecule has 1 atom stereocenters. The average Bonchev–Trinajstić information content (AvgIpc) is 2.61. The van der Waals surface area contributed by atoms with Crippen LogP contribution in [0.15, 0.2) is 60.7 Å². The van der Waals surface area contributed by atoms with Gasteiger partial charge in [0.25, 0.3) is 0 Å². The Kier molecular flexibility index (Phi) is 6.35. The summed E-state index contributed by atoms with van der Waals surface area (Å²) in [6.45, 7) is -0.371. The van der Waals surface area contributed by atoms with E-state index < -0.39 is 12.1 Å². The van der Waals surface area contributed by atoms with Crippen molar-refractivity contribution in [2.75, 3.05) is 11.9 Å². The van der Waals surface area contributed by atoms with Crippen LogP contribution in [0.4, 0.5) is 10.5 Å². The summed E-state index contributed by atoms with van der Waals surface area (Å²) in [5.41, 5.74) is 1.53. The van der Waals surface area contributed by atoms with E-state index >= 15 is 0 Å². The molecule has 2 rings (SSSR count). The summed E-state index contributed by atoms with van der Waals surface area (Å²) >= 11 is 0. The number of carbonyl (C=O) groups excluding carboxylic acids is 2. The van der Waals surface area contributed by atoms with Crippen molar-refractivity contribution in [1.29, 1.82) is 5.26 Å². The minimum Gasteiger partial charge on any atom is -0.434 e. The van der Waals surface area contributed by atoms with Gasteiger partial charge in [0, 0.05) is 12.1 Å². The summed E-state index contributed by atoms with van der Waals surface area (Å²) < 4.78 is 4.67. The SMILES string of the molecule is N#CCOC(=O)NC(Cc1ccccc1)C(=O)Nc1ccccc1. The first-order valence-electron chi connectivity index (χ1n) is 7.39. The summed E-state index contributed by atoms with van der Waals surface area (Å²) in [4.78, 5) is 24.2. The molecule has 0 aromatic heterocycles. The van der Waals surface area contributed by atoms with Crippen molar-refractivity contribution in [3.8, 4) is 6.07 Å². The number of nitrogens with one attached hydrogen (secondary N) is 2. The second kappa shape index (κ2) is 8.96. The van der Waals surface area contributed by atoms with Gasteiger partial charge in [-0.3, -0.25) is 4.79 Å². The number of benzene rings is 2. The fraction of sp³-hybridized carbons (Fsp3) is 0.167. The summed E-state index contributed by atoms with van der Waals surface area (Å²) in [6, 6.07) is 19.2. The molecule has 24 heavy (non-hydrogen) atoms. The number of anilines is 1. The van der Waals surface area contributed by atoms with Crippen LogP contribution in [-0.4, -0.2) is 24.6 Å². The molecule has 6 nitrogen and oxygen atoms in total. The molecule has 2 amide bonds. The van der Waals surface area contributed by atoms with E-state index in [1.165, 1.54) is 0 Å². The minimum absolute atomic E-state index is 0.307. The number of ether oxygens (including phenoxy) is 1. The minimum atomic E-state index is -0.821. The first kappa shape index (κ1) is 17.0. The molecule has 1 unspecified atom stereocenters. The first-order chi connectivity index (χ1) is 11.7. The van der Waals surface area contributed by atoms with Crippen LogP contribution in [0.2, 0.25) is 0 Å². The van der Waals surface area contributed by atoms with E-state index in [9.17, 15) is 9.59 Å². The van der Waals surface area contributed by atoms with Crippen molar-refractivity contribution in [2.45, 2.75) is 12.5 Å². The van der Waals surface area contributed by atoms with Crippen LogP contribution >= 0.6 is 0 Å². The maximum atomic E-state index is 12.5. The second-order valence-corrected chi connectivity index (χ2v) is 4.98. The van der Waals surface area contributed by atoms with E-state index in [0.29, 0.717) is 12.1 Å². The number of rotatable bonds is 6. The molecule has 0 bridgehead atoms. The normalized spacial score (nSPS) is 11.0. The van der Waals surface area contributed by atoms with Gasteiger partial charge in [-0.15, -0.1) is 0 Å². The van der Waals surface area contributed by atoms with E-state index in [4.69, 9.17) is 5.26 Å². The molecule has 6 heteroatoms. The van der Waals surface area contributed by atoms with E-state index in [1.807, 2.05) is 36.4 Å². The lowest BCUT2D eigenvalue weighted by Crippen LogP contribution is -2.45. The highest BCUT2D eigenvalue weighted by Crippen LogP contribution is 2.09. The van der Waals surface area contributed by atoms with Gasteiger partial charge in [-0.05, 0) is 17.7 Å². The van der Waals surface area contributed by atoms with Crippen LogP contribution in [0.1, 0.15) is 5.56 Å². The highest BCUT2D eigenvalue weighted by molar-refractivity contribution is 5.96. The molecule has 0 spiro atoms. The van der Waals surface area contributed by atoms with Gasteiger partial charge in [-0.2, -0.15) is 5.26 Å². The third-order valence-corrected chi connectivity index (χ3v) is 3.20. The molecular formula is C18H17N3O3. The van der Waals surface area contributed by atoms with Gasteiger partial charge in [-0.1, -0.05) is 48.5 Å². The molecule has 0 radical (unpaired) electrons. The highest BCUT2D eigenvalue weighted by Gasteiger charge is 2.22. The number of amides is 2.